The summed E-state index contributed by atoms with van der Waals surface area (Å²) in [6.45, 7) is 1.77. The molecule has 0 aliphatic carbocycles. The summed E-state index contributed by atoms with van der Waals surface area (Å²) in [5, 5.41) is 0. The van der Waals surface area contributed by atoms with Crippen LogP contribution in [0.25, 0.3) is 0 Å². The van der Waals surface area contributed by atoms with Crippen molar-refractivity contribution in [3.8, 4) is 5.75 Å². The van der Waals surface area contributed by atoms with E-state index in [-0.39, 0.29) is 5.69 Å². The van der Waals surface area contributed by atoms with Gasteiger partial charge in [-0.05, 0) is 24.6 Å². The number of methoxy groups -OCH3 is 1. The predicted molar refractivity (Wildman–Crippen MR) is 66.1 cm³/mol. The molecule has 6 nitrogen and oxygen atoms in total. The zero-order valence-corrected chi connectivity index (χ0v) is 10.3. The Morgan fingerprint density at radius 2 is 2.06 bits per heavy atom. The Bertz CT molecular complexity index is 459. The second kappa shape index (κ2) is 5.90. The quantitative estimate of drug-likeness (QED) is 0.592. The molecule has 18 heavy (non-hydrogen) atoms. The lowest BCUT2D eigenvalue weighted by Crippen LogP contribution is -2.33. The molecule has 1 unspecified atom stereocenters. The summed E-state index contributed by atoms with van der Waals surface area (Å²) in [5.41, 5.74) is 11.5. The monoisotopic (exact) mass is 252 g/mol. The Morgan fingerprint density at radius 3 is 2.50 bits per heavy atom. The summed E-state index contributed by atoms with van der Waals surface area (Å²) in [5.74, 6) is -0.738. The van der Waals surface area contributed by atoms with Gasteiger partial charge in [-0.25, -0.2) is 4.79 Å². The van der Waals surface area contributed by atoms with Gasteiger partial charge in [0.1, 0.15) is 5.75 Å². The third kappa shape index (κ3) is 3.13. The van der Waals surface area contributed by atoms with E-state index < -0.39 is 18.0 Å². The van der Waals surface area contributed by atoms with Gasteiger partial charge in [0.25, 0.3) is 5.91 Å². The number of carbonyl (C=O) groups excluding carboxylic acids is 2. The van der Waals surface area contributed by atoms with E-state index in [1.165, 1.54) is 25.3 Å². The molecule has 0 spiro atoms. The normalized spacial score (nSPS) is 11.7. The summed E-state index contributed by atoms with van der Waals surface area (Å²) in [6, 6.07) is 4.44. The van der Waals surface area contributed by atoms with Gasteiger partial charge >= 0.3 is 5.97 Å². The van der Waals surface area contributed by atoms with Crippen LogP contribution in [0.3, 0.4) is 0 Å². The first-order valence-electron chi connectivity index (χ1n) is 5.43. The van der Waals surface area contributed by atoms with Gasteiger partial charge in [0.05, 0.1) is 18.4 Å². The van der Waals surface area contributed by atoms with Gasteiger partial charge in [-0.1, -0.05) is 6.92 Å². The number of rotatable bonds is 5. The molecule has 1 amide bonds. The zero-order valence-electron chi connectivity index (χ0n) is 10.3. The van der Waals surface area contributed by atoms with Crippen LogP contribution in [-0.4, -0.2) is 25.1 Å². The second-order valence-corrected chi connectivity index (χ2v) is 3.66. The van der Waals surface area contributed by atoms with Crippen LogP contribution in [0.1, 0.15) is 23.7 Å². The highest BCUT2D eigenvalue weighted by atomic mass is 16.5. The van der Waals surface area contributed by atoms with Crippen LogP contribution in [-0.2, 0) is 9.53 Å². The van der Waals surface area contributed by atoms with Crippen molar-refractivity contribution in [3.05, 3.63) is 23.8 Å². The summed E-state index contributed by atoms with van der Waals surface area (Å²) in [4.78, 5) is 22.3. The summed E-state index contributed by atoms with van der Waals surface area (Å²) in [6.07, 6.45) is -0.302. The lowest BCUT2D eigenvalue weighted by molar-refractivity contribution is -0.124. The van der Waals surface area contributed by atoms with Gasteiger partial charge in [-0.3, -0.25) is 4.79 Å². The van der Waals surface area contributed by atoms with E-state index in [2.05, 4.69) is 4.74 Å². The topological polar surface area (TPSA) is 105 Å². The van der Waals surface area contributed by atoms with Crippen molar-refractivity contribution in [2.75, 3.05) is 12.8 Å². The van der Waals surface area contributed by atoms with Gasteiger partial charge < -0.3 is 20.9 Å². The Morgan fingerprint density at radius 1 is 1.39 bits per heavy atom. The van der Waals surface area contributed by atoms with E-state index in [4.69, 9.17) is 16.2 Å². The van der Waals surface area contributed by atoms with E-state index in [1.807, 2.05) is 0 Å². The predicted octanol–water partition coefficient (Wildman–Crippen LogP) is 0.698. The van der Waals surface area contributed by atoms with E-state index in [1.54, 1.807) is 6.92 Å². The number of nitrogen functional groups attached to an aromatic ring is 1. The van der Waals surface area contributed by atoms with Crippen LogP contribution < -0.4 is 16.2 Å². The van der Waals surface area contributed by atoms with Gasteiger partial charge in [0.15, 0.2) is 6.10 Å². The minimum absolute atomic E-state index is 0.248. The second-order valence-electron chi connectivity index (χ2n) is 3.66. The van der Waals surface area contributed by atoms with Gasteiger partial charge in [0, 0.05) is 0 Å². The lowest BCUT2D eigenvalue weighted by Gasteiger charge is -2.15. The number of hydrogen-bond donors (Lipinski definition) is 2. The smallest absolute Gasteiger partial charge is 0.337 e. The molecule has 0 aromatic heterocycles. The molecule has 0 fully saturated rings. The molecule has 0 aliphatic heterocycles. The average Bonchev–Trinajstić information content (AvgIpc) is 2.35. The molecule has 0 saturated carbocycles. The third-order valence-corrected chi connectivity index (χ3v) is 2.39. The number of carbonyl (C=O) groups is 2. The molecule has 0 bridgehead atoms. The number of anilines is 1. The van der Waals surface area contributed by atoms with Gasteiger partial charge in [-0.2, -0.15) is 0 Å². The van der Waals surface area contributed by atoms with Crippen molar-refractivity contribution in [1.29, 1.82) is 0 Å². The molecule has 0 heterocycles. The minimum Gasteiger partial charge on any atom is -0.478 e. The van der Waals surface area contributed by atoms with Crippen LogP contribution in [0.15, 0.2) is 18.2 Å². The molecule has 0 saturated heterocycles. The number of primary amides is 1. The first-order valence-corrected chi connectivity index (χ1v) is 5.43. The Balaban J connectivity index is 2.92. The fourth-order valence-electron chi connectivity index (χ4n) is 1.40. The van der Waals surface area contributed by atoms with Crippen molar-refractivity contribution in [2.45, 2.75) is 19.4 Å². The zero-order chi connectivity index (χ0) is 13.7. The average molecular weight is 252 g/mol. The van der Waals surface area contributed by atoms with Crippen LogP contribution >= 0.6 is 0 Å². The molecular weight excluding hydrogens is 236 g/mol. The highest BCUT2D eigenvalue weighted by Crippen LogP contribution is 2.24. The van der Waals surface area contributed by atoms with Crippen LogP contribution in [0.5, 0.6) is 5.75 Å². The molecule has 0 aliphatic rings. The van der Waals surface area contributed by atoms with Crippen molar-refractivity contribution in [2.24, 2.45) is 5.73 Å². The Kier molecular flexibility index (Phi) is 4.53. The van der Waals surface area contributed by atoms with Crippen LogP contribution in [0, 0.1) is 0 Å². The molecular formula is C12H16N2O4. The minimum atomic E-state index is -0.740. The maximum atomic E-state index is 11.3. The SMILES string of the molecule is CCC(Oc1ccc(C(=O)OC)cc1N)C(N)=O. The van der Waals surface area contributed by atoms with Gasteiger partial charge in [0.2, 0.25) is 0 Å². The Hall–Kier alpha value is -2.24. The molecule has 1 aromatic rings. The summed E-state index contributed by atoms with van der Waals surface area (Å²) >= 11 is 0. The fourth-order valence-corrected chi connectivity index (χ4v) is 1.40. The molecule has 0 radical (unpaired) electrons. The number of hydrogen-bond acceptors (Lipinski definition) is 5. The molecule has 98 valence electrons. The summed E-state index contributed by atoms with van der Waals surface area (Å²) < 4.78 is 9.93. The molecule has 6 heteroatoms. The largest absolute Gasteiger partial charge is 0.478 e. The number of nitrogens with two attached hydrogens (primary N) is 2. The number of benzene rings is 1. The van der Waals surface area contributed by atoms with E-state index in [9.17, 15) is 9.59 Å². The lowest BCUT2D eigenvalue weighted by atomic mass is 10.2. The van der Waals surface area contributed by atoms with Crippen molar-refractivity contribution < 1.29 is 19.1 Å². The van der Waals surface area contributed by atoms with Gasteiger partial charge in [-0.15, -0.1) is 0 Å². The molecule has 1 rings (SSSR count). The van der Waals surface area contributed by atoms with Crippen LogP contribution in [0.4, 0.5) is 5.69 Å². The number of amides is 1. The highest BCUT2D eigenvalue weighted by molar-refractivity contribution is 5.91. The van der Waals surface area contributed by atoms with Crippen LogP contribution in [0.2, 0.25) is 0 Å². The molecule has 4 N–H and O–H groups in total. The highest BCUT2D eigenvalue weighted by Gasteiger charge is 2.17. The van der Waals surface area contributed by atoms with Crippen molar-refractivity contribution in [1.82, 2.24) is 0 Å². The van der Waals surface area contributed by atoms with E-state index in [0.29, 0.717) is 17.7 Å². The third-order valence-electron chi connectivity index (χ3n) is 2.39. The first-order chi connectivity index (χ1) is 8.49. The maximum Gasteiger partial charge on any atom is 0.337 e. The molecule has 1 atom stereocenters. The Labute approximate surface area is 105 Å². The van der Waals surface area contributed by atoms with Crippen molar-refractivity contribution >= 4 is 17.6 Å². The number of ether oxygens (including phenoxy) is 2. The number of esters is 1. The summed E-state index contributed by atoms with van der Waals surface area (Å²) in [7, 11) is 1.28. The van der Waals surface area contributed by atoms with E-state index >= 15 is 0 Å². The maximum absolute atomic E-state index is 11.3. The first kappa shape index (κ1) is 13.8. The fraction of sp³-hybridized carbons (Fsp3) is 0.333. The molecule has 1 aromatic carbocycles. The van der Waals surface area contributed by atoms with E-state index in [0.717, 1.165) is 0 Å². The standard InChI is InChI=1S/C12H16N2O4/c1-3-9(11(14)15)18-10-5-4-7(6-8(10)13)12(16)17-2/h4-6,9H,3,13H2,1-2H3,(H2,14,15). The van der Waals surface area contributed by atoms with Crippen molar-refractivity contribution in [3.63, 3.8) is 0 Å².